The van der Waals surface area contributed by atoms with E-state index in [1.165, 1.54) is 13.2 Å². The first-order chi connectivity index (χ1) is 11.9. The van der Waals surface area contributed by atoms with Gasteiger partial charge in [0.15, 0.2) is 5.78 Å². The predicted molar refractivity (Wildman–Crippen MR) is 95.6 cm³/mol. The number of ether oxygens (including phenoxy) is 2. The van der Waals surface area contributed by atoms with E-state index in [4.69, 9.17) is 21.1 Å². The molecule has 0 amide bonds. The Morgan fingerprint density at radius 1 is 1.40 bits per heavy atom. The second kappa shape index (κ2) is 7.61. The lowest BCUT2D eigenvalue weighted by Crippen LogP contribution is -2.30. The summed E-state index contributed by atoms with van der Waals surface area (Å²) in [7, 11) is -2.14. The molecule has 1 heterocycles. The average molecular weight is 388 g/mol. The molecule has 3 rings (SSSR count). The molecular formula is C17H22ClNO5S. The van der Waals surface area contributed by atoms with Crippen molar-refractivity contribution in [2.24, 2.45) is 11.8 Å². The molecule has 25 heavy (non-hydrogen) atoms. The second-order valence-electron chi connectivity index (χ2n) is 6.61. The molecule has 1 N–H and O–H groups in total. The Labute approximate surface area is 152 Å². The van der Waals surface area contributed by atoms with Gasteiger partial charge in [0, 0.05) is 30.2 Å². The molecular weight excluding hydrogens is 366 g/mol. The maximum absolute atomic E-state index is 12.7. The molecule has 2 atom stereocenters. The molecule has 1 aromatic carbocycles. The number of Topliss-reactive ketones (excluding diaryl/α,β-unsaturated/α-hetero) is 1. The minimum Gasteiger partial charge on any atom is -0.381 e. The van der Waals surface area contributed by atoms with Crippen LogP contribution in [-0.4, -0.2) is 46.4 Å². The van der Waals surface area contributed by atoms with Crippen LogP contribution in [0.15, 0.2) is 18.2 Å². The van der Waals surface area contributed by atoms with Gasteiger partial charge in [-0.1, -0.05) is 11.6 Å². The fourth-order valence-electron chi connectivity index (χ4n) is 3.07. The van der Waals surface area contributed by atoms with Crippen molar-refractivity contribution in [3.05, 3.63) is 28.8 Å². The van der Waals surface area contributed by atoms with Crippen LogP contribution in [0, 0.1) is 11.8 Å². The molecule has 0 radical (unpaired) electrons. The smallest absolute Gasteiger partial charge is 0.235 e. The summed E-state index contributed by atoms with van der Waals surface area (Å²) >= 11 is 6.01. The van der Waals surface area contributed by atoms with E-state index in [9.17, 15) is 13.2 Å². The number of anilines is 1. The van der Waals surface area contributed by atoms with Crippen LogP contribution in [0.5, 0.6) is 0 Å². The van der Waals surface area contributed by atoms with Crippen molar-refractivity contribution in [1.29, 1.82) is 0 Å². The molecule has 2 unspecified atom stereocenters. The fourth-order valence-corrected chi connectivity index (χ4v) is 4.67. The van der Waals surface area contributed by atoms with Gasteiger partial charge in [0.1, 0.15) is 0 Å². The van der Waals surface area contributed by atoms with E-state index in [-0.39, 0.29) is 35.2 Å². The molecule has 1 saturated heterocycles. The molecule has 2 fully saturated rings. The molecule has 2 aliphatic rings. The van der Waals surface area contributed by atoms with Crippen molar-refractivity contribution in [1.82, 2.24) is 0 Å². The van der Waals surface area contributed by atoms with Crippen molar-refractivity contribution in [2.75, 3.05) is 30.8 Å². The van der Waals surface area contributed by atoms with Crippen molar-refractivity contribution in [3.8, 4) is 0 Å². The van der Waals surface area contributed by atoms with E-state index in [1.807, 2.05) is 0 Å². The molecule has 1 aliphatic carbocycles. The van der Waals surface area contributed by atoms with Crippen LogP contribution in [0.25, 0.3) is 0 Å². The largest absolute Gasteiger partial charge is 0.381 e. The highest BCUT2D eigenvalue weighted by Crippen LogP contribution is 2.35. The first kappa shape index (κ1) is 18.6. The summed E-state index contributed by atoms with van der Waals surface area (Å²) in [5, 5.41) is 0.363. The fraction of sp³-hybridized carbons (Fsp3) is 0.588. The summed E-state index contributed by atoms with van der Waals surface area (Å²) < 4.78 is 38.2. The Morgan fingerprint density at radius 3 is 2.76 bits per heavy atom. The number of halogens is 1. The molecule has 138 valence electrons. The summed E-state index contributed by atoms with van der Waals surface area (Å²) in [6.07, 6.45) is 2.27. The zero-order chi connectivity index (χ0) is 18.0. The van der Waals surface area contributed by atoms with E-state index in [1.54, 1.807) is 12.1 Å². The molecule has 0 spiro atoms. The Hall–Kier alpha value is -1.15. The topological polar surface area (TPSA) is 81.7 Å². The Balaban J connectivity index is 1.80. The van der Waals surface area contributed by atoms with Crippen molar-refractivity contribution in [3.63, 3.8) is 0 Å². The van der Waals surface area contributed by atoms with Crippen LogP contribution in [0.1, 0.15) is 29.6 Å². The second-order valence-corrected chi connectivity index (χ2v) is 8.81. The highest BCUT2D eigenvalue weighted by atomic mass is 35.5. The van der Waals surface area contributed by atoms with E-state index < -0.39 is 10.0 Å². The van der Waals surface area contributed by atoms with E-state index in [0.717, 1.165) is 12.8 Å². The third-order valence-corrected chi connectivity index (χ3v) is 6.18. The lowest BCUT2D eigenvalue weighted by atomic mass is 9.96. The van der Waals surface area contributed by atoms with Gasteiger partial charge < -0.3 is 9.47 Å². The molecule has 0 bridgehead atoms. The maximum atomic E-state index is 12.7. The number of hydrogen-bond acceptors (Lipinski definition) is 5. The van der Waals surface area contributed by atoms with Gasteiger partial charge in [-0.25, -0.2) is 8.42 Å². The number of sulfonamides is 1. The van der Waals surface area contributed by atoms with E-state index in [2.05, 4.69) is 4.72 Å². The summed E-state index contributed by atoms with van der Waals surface area (Å²) in [5.41, 5.74) is 0.541. The van der Waals surface area contributed by atoms with Gasteiger partial charge in [0.05, 0.1) is 24.2 Å². The number of hydrogen-bond donors (Lipinski definition) is 1. The van der Waals surface area contributed by atoms with Crippen LogP contribution in [0.3, 0.4) is 0 Å². The quantitative estimate of drug-likeness (QED) is 0.693. The minimum atomic E-state index is -3.66. The number of methoxy groups -OCH3 is 1. The summed E-state index contributed by atoms with van der Waals surface area (Å²) in [4.78, 5) is 12.7. The Morgan fingerprint density at radius 2 is 2.16 bits per heavy atom. The first-order valence-corrected chi connectivity index (χ1v) is 10.4. The monoisotopic (exact) mass is 387 g/mol. The molecule has 1 aromatic rings. The normalized spacial score (nSPS) is 21.9. The first-order valence-electron chi connectivity index (χ1n) is 8.34. The summed E-state index contributed by atoms with van der Waals surface area (Å²) in [5.74, 6) is -0.224. The van der Waals surface area contributed by atoms with Crippen LogP contribution in [0.4, 0.5) is 5.69 Å². The number of benzene rings is 1. The van der Waals surface area contributed by atoms with Crippen molar-refractivity contribution < 1.29 is 22.7 Å². The van der Waals surface area contributed by atoms with Gasteiger partial charge in [-0.2, -0.15) is 0 Å². The SMILES string of the molecule is COC(CS(=O)(=O)Nc1cc(Cl)ccc1C(=O)C1CCOC1)C1CC1. The summed E-state index contributed by atoms with van der Waals surface area (Å²) in [6, 6.07) is 4.63. The van der Waals surface area contributed by atoms with Gasteiger partial charge in [0.2, 0.25) is 10.0 Å². The molecule has 6 nitrogen and oxygen atoms in total. The third kappa shape index (κ3) is 4.73. The van der Waals surface area contributed by atoms with E-state index in [0.29, 0.717) is 30.2 Å². The van der Waals surface area contributed by atoms with Crippen molar-refractivity contribution >= 4 is 33.1 Å². The molecule has 1 aliphatic heterocycles. The lowest BCUT2D eigenvalue weighted by Gasteiger charge is -2.18. The average Bonchev–Trinajstić information content (AvgIpc) is 3.25. The van der Waals surface area contributed by atoms with Gasteiger partial charge in [-0.15, -0.1) is 0 Å². The lowest BCUT2D eigenvalue weighted by molar-refractivity contribution is 0.0901. The Kier molecular flexibility index (Phi) is 5.68. The van der Waals surface area contributed by atoms with E-state index >= 15 is 0 Å². The number of carbonyl (C=O) groups excluding carboxylic acids is 1. The number of nitrogens with one attached hydrogen (secondary N) is 1. The van der Waals surface area contributed by atoms with Gasteiger partial charge in [-0.05, 0) is 43.4 Å². The van der Waals surface area contributed by atoms with Gasteiger partial charge in [0.25, 0.3) is 0 Å². The molecule has 8 heteroatoms. The van der Waals surface area contributed by atoms with Gasteiger partial charge in [-0.3, -0.25) is 9.52 Å². The van der Waals surface area contributed by atoms with Crippen LogP contribution in [0.2, 0.25) is 5.02 Å². The number of rotatable bonds is 8. The van der Waals surface area contributed by atoms with Crippen LogP contribution >= 0.6 is 11.6 Å². The highest BCUT2D eigenvalue weighted by Gasteiger charge is 2.35. The third-order valence-electron chi connectivity index (χ3n) is 4.65. The standard InChI is InChI=1S/C17H22ClNO5S/c1-23-16(11-2-3-11)10-25(21,22)19-15-8-13(18)4-5-14(15)17(20)12-6-7-24-9-12/h4-5,8,11-12,16,19H,2-3,6-7,9-10H2,1H3. The van der Waals surface area contributed by atoms with Crippen LogP contribution < -0.4 is 4.72 Å². The molecule has 0 aromatic heterocycles. The minimum absolute atomic E-state index is 0.127. The predicted octanol–water partition coefficient (Wildman–Crippen LogP) is 2.73. The molecule has 1 saturated carbocycles. The number of ketones is 1. The summed E-state index contributed by atoms with van der Waals surface area (Å²) in [6.45, 7) is 0.906. The van der Waals surface area contributed by atoms with Gasteiger partial charge >= 0.3 is 0 Å². The number of carbonyl (C=O) groups is 1. The maximum Gasteiger partial charge on any atom is 0.235 e. The zero-order valence-electron chi connectivity index (χ0n) is 14.0. The zero-order valence-corrected chi connectivity index (χ0v) is 15.6. The highest BCUT2D eigenvalue weighted by molar-refractivity contribution is 7.92. The van der Waals surface area contributed by atoms with Crippen molar-refractivity contribution in [2.45, 2.75) is 25.4 Å². The van der Waals surface area contributed by atoms with Crippen LogP contribution in [-0.2, 0) is 19.5 Å². The Bertz CT molecular complexity index is 741.